The van der Waals surface area contributed by atoms with Crippen molar-refractivity contribution in [3.8, 4) is 23.7 Å². The molecule has 3 nitrogen and oxygen atoms in total. The Morgan fingerprint density at radius 3 is 1.45 bits per heavy atom. The molecule has 0 radical (unpaired) electrons. The molecule has 0 aromatic heterocycles. The quantitative estimate of drug-likeness (QED) is 0.193. The third kappa shape index (κ3) is 14.1. The maximum absolute atomic E-state index is 6.18. The van der Waals surface area contributed by atoms with Crippen LogP contribution in [0.15, 0.2) is 0 Å². The maximum atomic E-state index is 6.18. The predicted molar refractivity (Wildman–Crippen MR) is 138 cm³/mol. The molecule has 0 N–H and O–H groups in total. The molecule has 188 valence electrons. The summed E-state index contributed by atoms with van der Waals surface area (Å²) in [6, 6.07) is 0. The molecule has 0 spiro atoms. The first-order chi connectivity index (χ1) is 16.3. The van der Waals surface area contributed by atoms with Crippen LogP contribution in [0.2, 0.25) is 0 Å². The van der Waals surface area contributed by atoms with Crippen molar-refractivity contribution in [2.75, 3.05) is 0 Å². The van der Waals surface area contributed by atoms with Gasteiger partial charge in [-0.05, 0) is 51.4 Å². The van der Waals surface area contributed by atoms with Gasteiger partial charge in [-0.25, -0.2) is 0 Å². The molecule has 0 aromatic rings. The zero-order chi connectivity index (χ0) is 23.4. The van der Waals surface area contributed by atoms with Crippen molar-refractivity contribution < 1.29 is 14.2 Å². The van der Waals surface area contributed by atoms with E-state index >= 15 is 0 Å². The van der Waals surface area contributed by atoms with E-state index in [2.05, 4.69) is 37.5 Å². The van der Waals surface area contributed by atoms with Gasteiger partial charge in [0.15, 0.2) is 12.6 Å². The number of hydrogen-bond acceptors (Lipinski definition) is 3. The van der Waals surface area contributed by atoms with Crippen molar-refractivity contribution >= 4 is 0 Å². The molecule has 2 saturated heterocycles. The highest BCUT2D eigenvalue weighted by Gasteiger charge is 2.28. The van der Waals surface area contributed by atoms with Crippen LogP contribution < -0.4 is 0 Å². The first-order valence-corrected chi connectivity index (χ1v) is 14.2. The summed E-state index contributed by atoms with van der Waals surface area (Å²) in [6.07, 6.45) is 23.5. The fourth-order valence-corrected chi connectivity index (χ4v) is 4.52. The van der Waals surface area contributed by atoms with E-state index in [0.717, 1.165) is 51.4 Å². The van der Waals surface area contributed by atoms with Crippen LogP contribution in [0.5, 0.6) is 0 Å². The lowest BCUT2D eigenvalue weighted by atomic mass is 10.1. The molecule has 2 fully saturated rings. The largest absolute Gasteiger partial charge is 0.337 e. The van der Waals surface area contributed by atoms with Gasteiger partial charge in [0.05, 0.1) is 0 Å². The topological polar surface area (TPSA) is 27.7 Å². The second-order valence-corrected chi connectivity index (χ2v) is 9.78. The van der Waals surface area contributed by atoms with E-state index in [0.29, 0.717) is 0 Å². The first kappa shape index (κ1) is 28.2. The number of hydrogen-bond donors (Lipinski definition) is 0. The molecule has 4 atom stereocenters. The molecule has 2 aliphatic rings. The van der Waals surface area contributed by atoms with E-state index in [-0.39, 0.29) is 24.8 Å². The van der Waals surface area contributed by atoms with Crippen LogP contribution >= 0.6 is 0 Å². The molecule has 33 heavy (non-hydrogen) atoms. The minimum atomic E-state index is -0.188. The van der Waals surface area contributed by atoms with E-state index in [1.807, 2.05) is 0 Å². The minimum Gasteiger partial charge on any atom is -0.337 e. The zero-order valence-corrected chi connectivity index (χ0v) is 21.7. The Labute approximate surface area is 205 Å². The lowest BCUT2D eigenvalue weighted by Crippen LogP contribution is -2.36. The highest BCUT2D eigenvalue weighted by atomic mass is 16.8. The van der Waals surface area contributed by atoms with Gasteiger partial charge in [-0.2, -0.15) is 0 Å². The Morgan fingerprint density at radius 2 is 1.00 bits per heavy atom. The highest BCUT2D eigenvalue weighted by molar-refractivity contribution is 5.06. The van der Waals surface area contributed by atoms with E-state index < -0.39 is 0 Å². The molecule has 0 amide bonds. The van der Waals surface area contributed by atoms with Crippen molar-refractivity contribution in [1.82, 2.24) is 0 Å². The van der Waals surface area contributed by atoms with Crippen LogP contribution in [-0.4, -0.2) is 24.8 Å². The fraction of sp³-hybridized carbons (Fsp3) is 0.867. The average Bonchev–Trinajstić information content (AvgIpc) is 2.83. The molecule has 2 aliphatic heterocycles. The van der Waals surface area contributed by atoms with Crippen LogP contribution in [0, 0.1) is 23.7 Å². The Kier molecular flexibility index (Phi) is 16.5. The summed E-state index contributed by atoms with van der Waals surface area (Å²) < 4.78 is 18.4. The van der Waals surface area contributed by atoms with E-state index in [9.17, 15) is 0 Å². The Bertz CT molecular complexity index is 541. The van der Waals surface area contributed by atoms with Gasteiger partial charge in [0.1, 0.15) is 12.2 Å². The second kappa shape index (κ2) is 19.3. The van der Waals surface area contributed by atoms with Crippen LogP contribution in [0.1, 0.15) is 142 Å². The molecule has 0 aromatic carbocycles. The van der Waals surface area contributed by atoms with Crippen LogP contribution in [0.3, 0.4) is 0 Å². The molecule has 0 bridgehead atoms. The lowest BCUT2D eigenvalue weighted by molar-refractivity contribution is -0.279. The van der Waals surface area contributed by atoms with Crippen molar-refractivity contribution in [2.45, 2.75) is 167 Å². The Morgan fingerprint density at radius 1 is 0.576 bits per heavy atom. The average molecular weight is 459 g/mol. The number of ether oxygens (including phenoxy) is 3. The molecule has 4 unspecified atom stereocenters. The van der Waals surface area contributed by atoms with Gasteiger partial charge in [0, 0.05) is 12.8 Å². The van der Waals surface area contributed by atoms with Gasteiger partial charge in [-0.1, -0.05) is 89.9 Å². The molecule has 2 heterocycles. The summed E-state index contributed by atoms with van der Waals surface area (Å²) in [5.74, 6) is 13.4. The van der Waals surface area contributed by atoms with E-state index in [1.54, 1.807) is 0 Å². The van der Waals surface area contributed by atoms with Crippen LogP contribution in [-0.2, 0) is 14.2 Å². The summed E-state index contributed by atoms with van der Waals surface area (Å²) in [5, 5.41) is 0. The van der Waals surface area contributed by atoms with Gasteiger partial charge in [0.2, 0.25) is 0 Å². The van der Waals surface area contributed by atoms with Gasteiger partial charge < -0.3 is 14.2 Å². The maximum Gasteiger partial charge on any atom is 0.162 e. The fourth-order valence-electron chi connectivity index (χ4n) is 4.52. The number of unbranched alkanes of at least 4 members (excludes halogenated alkanes) is 12. The first-order valence-electron chi connectivity index (χ1n) is 14.2. The summed E-state index contributed by atoms with van der Waals surface area (Å²) in [5.41, 5.74) is 0. The molecular formula is C30H50O3. The summed E-state index contributed by atoms with van der Waals surface area (Å²) in [6.45, 7) is 4.52. The van der Waals surface area contributed by atoms with E-state index in [4.69, 9.17) is 14.2 Å². The normalized spacial score (nSPS) is 25.0. The predicted octanol–water partition coefficient (Wildman–Crippen LogP) is 8.30. The molecule has 0 saturated carbocycles. The second-order valence-electron chi connectivity index (χ2n) is 9.78. The minimum absolute atomic E-state index is 0.0142. The zero-order valence-electron chi connectivity index (χ0n) is 21.7. The van der Waals surface area contributed by atoms with Gasteiger partial charge in [-0.3, -0.25) is 0 Å². The third-order valence-corrected chi connectivity index (χ3v) is 6.58. The smallest absolute Gasteiger partial charge is 0.162 e. The molecule has 2 rings (SSSR count). The van der Waals surface area contributed by atoms with Crippen LogP contribution in [0.4, 0.5) is 0 Å². The standard InChI is InChI=1S/C30H50O3/c1-3-5-7-9-11-13-15-17-21-27-23-19-25-29(31-27)33-30-26-20-24-28(32-30)22-18-16-14-12-10-8-6-4-2/h27-30H,3-16,19-20,23-26H2,1-2H3. The molecule has 3 heteroatoms. The SMILES string of the molecule is CCCCCCCCC#CC1CCCC(OC2CCCC(C#CCCCCCCCC)O2)O1. The number of rotatable bonds is 14. The Hall–Kier alpha value is -1.00. The van der Waals surface area contributed by atoms with Gasteiger partial charge in [0.25, 0.3) is 0 Å². The van der Waals surface area contributed by atoms with Crippen molar-refractivity contribution in [2.24, 2.45) is 0 Å². The monoisotopic (exact) mass is 458 g/mol. The lowest BCUT2D eigenvalue weighted by Gasteiger charge is -2.33. The van der Waals surface area contributed by atoms with Crippen LogP contribution in [0.25, 0.3) is 0 Å². The highest BCUT2D eigenvalue weighted by Crippen LogP contribution is 2.26. The molecule has 0 aliphatic carbocycles. The summed E-state index contributed by atoms with van der Waals surface area (Å²) in [7, 11) is 0. The molecular weight excluding hydrogens is 408 g/mol. The van der Waals surface area contributed by atoms with Crippen molar-refractivity contribution in [3.63, 3.8) is 0 Å². The van der Waals surface area contributed by atoms with Gasteiger partial charge >= 0.3 is 0 Å². The van der Waals surface area contributed by atoms with Crippen molar-refractivity contribution in [1.29, 1.82) is 0 Å². The van der Waals surface area contributed by atoms with E-state index in [1.165, 1.54) is 77.0 Å². The summed E-state index contributed by atoms with van der Waals surface area (Å²) >= 11 is 0. The summed E-state index contributed by atoms with van der Waals surface area (Å²) in [4.78, 5) is 0. The Balaban J connectivity index is 1.60. The van der Waals surface area contributed by atoms with Crippen molar-refractivity contribution in [3.05, 3.63) is 0 Å². The van der Waals surface area contributed by atoms with Gasteiger partial charge in [-0.15, -0.1) is 11.8 Å². The third-order valence-electron chi connectivity index (χ3n) is 6.58.